The number of aromatic nitrogens is 1. The van der Waals surface area contributed by atoms with Gasteiger partial charge < -0.3 is 14.6 Å². The van der Waals surface area contributed by atoms with Crippen molar-refractivity contribution in [2.24, 2.45) is 5.92 Å². The Balaban J connectivity index is 1.40. The molecule has 132 valence electrons. The van der Waals surface area contributed by atoms with Crippen LogP contribution in [0.3, 0.4) is 0 Å². The van der Waals surface area contributed by atoms with Crippen LogP contribution in [-0.2, 0) is 0 Å². The Hall–Kier alpha value is -1.21. The van der Waals surface area contributed by atoms with E-state index < -0.39 is 0 Å². The lowest BCUT2D eigenvalue weighted by molar-refractivity contribution is 0.0599. The number of piperidine rings is 3. The smallest absolute Gasteiger partial charge is 0.307 e. The minimum absolute atomic E-state index is 0.0963. The van der Waals surface area contributed by atoms with E-state index in [1.165, 1.54) is 11.8 Å². The molecule has 1 amide bonds. The molecule has 3 aliphatic heterocycles. The lowest BCUT2D eigenvalue weighted by Crippen LogP contribution is -2.57. The Morgan fingerprint density at radius 3 is 2.76 bits per heavy atom. The lowest BCUT2D eigenvalue weighted by atomic mass is 9.84. The highest BCUT2D eigenvalue weighted by Crippen LogP contribution is 2.33. The summed E-state index contributed by atoms with van der Waals surface area (Å²) in [5, 5.41) is 4.59. The van der Waals surface area contributed by atoms with Crippen LogP contribution in [0.5, 0.6) is 0 Å². The summed E-state index contributed by atoms with van der Waals surface area (Å²) in [6.07, 6.45) is 3.85. The number of rotatable bonds is 4. The number of carbonyl (C=O) groups is 1. The van der Waals surface area contributed by atoms with Gasteiger partial charge in [-0.15, -0.1) is 0 Å². The monoisotopic (exact) mass is 397 g/mol. The second kappa shape index (κ2) is 7.19. The standard InChI is InChI=1S/C17H17Cl2N3O2S/c18-12-2-1-11(7-13(12)19)25-15-8-20-17(24-15)16(23)21-14-9-22-5-3-10(14)4-6-22/h1-2,7-8,10,14H,3-6,9H2,(H,21,23)/t14-/m0/s1. The molecule has 1 aromatic heterocycles. The molecular formula is C17H17Cl2N3O2S. The largest absolute Gasteiger partial charge is 0.425 e. The number of nitrogens with one attached hydrogen (secondary N) is 1. The number of halogens is 2. The zero-order valence-corrected chi connectivity index (χ0v) is 15.7. The molecule has 0 saturated carbocycles. The predicted octanol–water partition coefficient (Wildman–Crippen LogP) is 3.96. The third kappa shape index (κ3) is 3.82. The highest BCUT2D eigenvalue weighted by atomic mass is 35.5. The number of nitrogens with zero attached hydrogens (tertiary/aromatic N) is 2. The van der Waals surface area contributed by atoms with Gasteiger partial charge in [-0.3, -0.25) is 4.79 Å². The Morgan fingerprint density at radius 2 is 2.08 bits per heavy atom. The number of hydrogen-bond acceptors (Lipinski definition) is 5. The molecule has 0 radical (unpaired) electrons. The number of oxazole rings is 1. The van der Waals surface area contributed by atoms with E-state index in [-0.39, 0.29) is 17.8 Å². The van der Waals surface area contributed by atoms with Crippen LogP contribution in [0.15, 0.2) is 38.8 Å². The molecule has 0 aliphatic carbocycles. The predicted molar refractivity (Wildman–Crippen MR) is 97.5 cm³/mol. The van der Waals surface area contributed by atoms with Crippen molar-refractivity contribution < 1.29 is 9.21 Å². The first-order valence-electron chi connectivity index (χ1n) is 8.20. The maximum atomic E-state index is 12.4. The molecule has 4 heterocycles. The van der Waals surface area contributed by atoms with Crippen LogP contribution in [0.2, 0.25) is 10.0 Å². The fourth-order valence-corrected chi connectivity index (χ4v) is 4.56. The molecule has 8 heteroatoms. The first kappa shape index (κ1) is 17.2. The van der Waals surface area contributed by atoms with Crippen LogP contribution in [0.25, 0.3) is 0 Å². The number of fused-ring (bicyclic) bond motifs is 3. The minimum atomic E-state index is -0.250. The summed E-state index contributed by atoms with van der Waals surface area (Å²) in [7, 11) is 0. The fourth-order valence-electron chi connectivity index (χ4n) is 3.43. The first-order valence-corrected chi connectivity index (χ1v) is 9.77. The van der Waals surface area contributed by atoms with E-state index in [1.54, 1.807) is 18.3 Å². The molecule has 3 aliphatic rings. The Labute approximate surface area is 160 Å². The molecule has 1 N–H and O–H groups in total. The molecule has 1 aromatic carbocycles. The van der Waals surface area contributed by atoms with E-state index in [4.69, 9.17) is 27.6 Å². The first-order chi connectivity index (χ1) is 12.1. The van der Waals surface area contributed by atoms with Crippen molar-refractivity contribution in [3.63, 3.8) is 0 Å². The van der Waals surface area contributed by atoms with Gasteiger partial charge in [0.05, 0.1) is 16.2 Å². The van der Waals surface area contributed by atoms with Gasteiger partial charge in [0.2, 0.25) is 0 Å². The van der Waals surface area contributed by atoms with Gasteiger partial charge in [0.15, 0.2) is 5.09 Å². The normalized spacial score (nSPS) is 25.1. The van der Waals surface area contributed by atoms with Gasteiger partial charge in [-0.05, 0) is 50.0 Å². The van der Waals surface area contributed by atoms with Crippen molar-refractivity contribution in [3.8, 4) is 0 Å². The van der Waals surface area contributed by atoms with Crippen molar-refractivity contribution in [1.29, 1.82) is 0 Å². The van der Waals surface area contributed by atoms with Gasteiger partial charge in [0, 0.05) is 17.5 Å². The van der Waals surface area contributed by atoms with Crippen molar-refractivity contribution >= 4 is 40.9 Å². The number of carbonyl (C=O) groups excluding carboxylic acids is 1. The maximum absolute atomic E-state index is 12.4. The van der Waals surface area contributed by atoms with E-state index in [2.05, 4.69) is 15.2 Å². The molecule has 0 spiro atoms. The fraction of sp³-hybridized carbons (Fsp3) is 0.412. The summed E-state index contributed by atoms with van der Waals surface area (Å²) in [6, 6.07) is 5.51. The summed E-state index contributed by atoms with van der Waals surface area (Å²) in [5.74, 6) is 0.410. The van der Waals surface area contributed by atoms with Gasteiger partial charge in [-0.1, -0.05) is 35.0 Å². The second-order valence-corrected chi connectivity index (χ2v) is 8.27. The molecule has 25 heavy (non-hydrogen) atoms. The third-order valence-corrected chi connectivity index (χ3v) is 6.38. The van der Waals surface area contributed by atoms with Gasteiger partial charge in [-0.25, -0.2) is 4.98 Å². The number of amides is 1. The van der Waals surface area contributed by atoms with E-state index in [0.717, 1.165) is 37.4 Å². The van der Waals surface area contributed by atoms with Crippen LogP contribution in [0, 0.1) is 5.92 Å². The van der Waals surface area contributed by atoms with E-state index in [9.17, 15) is 4.79 Å². The molecule has 5 rings (SSSR count). The molecular weight excluding hydrogens is 381 g/mol. The average Bonchev–Trinajstić information content (AvgIpc) is 3.08. The maximum Gasteiger partial charge on any atom is 0.307 e. The summed E-state index contributed by atoms with van der Waals surface area (Å²) in [6.45, 7) is 3.20. The Morgan fingerprint density at radius 1 is 1.28 bits per heavy atom. The molecule has 5 nitrogen and oxygen atoms in total. The Kier molecular flexibility index (Phi) is 4.95. The lowest BCUT2D eigenvalue weighted by Gasteiger charge is -2.44. The zero-order valence-electron chi connectivity index (χ0n) is 13.4. The van der Waals surface area contributed by atoms with Crippen molar-refractivity contribution in [2.45, 2.75) is 28.9 Å². The van der Waals surface area contributed by atoms with Crippen LogP contribution in [0.1, 0.15) is 23.5 Å². The van der Waals surface area contributed by atoms with Crippen molar-refractivity contribution in [1.82, 2.24) is 15.2 Å². The van der Waals surface area contributed by atoms with Crippen LogP contribution in [0.4, 0.5) is 0 Å². The SMILES string of the molecule is O=C(N[C@H]1CN2CCC1CC2)c1ncc(Sc2ccc(Cl)c(Cl)c2)o1. The summed E-state index contributed by atoms with van der Waals surface area (Å²) in [4.78, 5) is 19.8. The molecule has 3 fully saturated rings. The van der Waals surface area contributed by atoms with Gasteiger partial charge in [0.1, 0.15) is 0 Å². The van der Waals surface area contributed by atoms with Crippen LogP contribution in [-0.4, -0.2) is 41.5 Å². The number of benzene rings is 1. The van der Waals surface area contributed by atoms with Crippen molar-refractivity contribution in [2.75, 3.05) is 19.6 Å². The van der Waals surface area contributed by atoms with E-state index in [1.807, 2.05) is 6.07 Å². The van der Waals surface area contributed by atoms with E-state index in [0.29, 0.717) is 21.1 Å². The second-order valence-electron chi connectivity index (χ2n) is 6.38. The minimum Gasteiger partial charge on any atom is -0.425 e. The molecule has 1 atom stereocenters. The van der Waals surface area contributed by atoms with Crippen LogP contribution >= 0.6 is 35.0 Å². The third-order valence-electron chi connectivity index (χ3n) is 4.76. The Bertz CT molecular complexity index is 790. The summed E-state index contributed by atoms with van der Waals surface area (Å²) < 4.78 is 5.59. The van der Waals surface area contributed by atoms with E-state index >= 15 is 0 Å². The summed E-state index contributed by atoms with van der Waals surface area (Å²) >= 11 is 13.3. The van der Waals surface area contributed by atoms with Crippen molar-refractivity contribution in [3.05, 3.63) is 40.3 Å². The zero-order chi connectivity index (χ0) is 17.4. The van der Waals surface area contributed by atoms with Gasteiger partial charge in [-0.2, -0.15) is 0 Å². The van der Waals surface area contributed by atoms with Gasteiger partial charge in [0.25, 0.3) is 5.89 Å². The molecule has 3 saturated heterocycles. The molecule has 2 aromatic rings. The highest BCUT2D eigenvalue weighted by molar-refractivity contribution is 7.99. The topological polar surface area (TPSA) is 58.4 Å². The number of hydrogen-bond donors (Lipinski definition) is 1. The molecule has 2 bridgehead atoms. The quantitative estimate of drug-likeness (QED) is 0.845. The van der Waals surface area contributed by atoms with Crippen LogP contribution < -0.4 is 5.32 Å². The average molecular weight is 398 g/mol. The van der Waals surface area contributed by atoms with Gasteiger partial charge >= 0.3 is 5.91 Å². The molecule has 0 unspecified atom stereocenters. The summed E-state index contributed by atoms with van der Waals surface area (Å²) in [5.41, 5.74) is 0. The highest BCUT2D eigenvalue weighted by Gasteiger charge is 2.35.